The van der Waals surface area contributed by atoms with Gasteiger partial charge in [0, 0.05) is 13.1 Å². The molecule has 2 fully saturated rings. The third-order valence-corrected chi connectivity index (χ3v) is 5.68. The number of fused-ring (bicyclic) bond motifs is 2. The van der Waals surface area contributed by atoms with Gasteiger partial charge < -0.3 is 4.90 Å². The fourth-order valence-electron chi connectivity index (χ4n) is 4.29. The number of likely N-dealkylation sites (tertiary alicyclic amines) is 1. The van der Waals surface area contributed by atoms with Gasteiger partial charge in [-0.25, -0.2) is 4.98 Å². The van der Waals surface area contributed by atoms with E-state index in [2.05, 4.69) is 4.98 Å². The van der Waals surface area contributed by atoms with Crippen LogP contribution in [0.1, 0.15) is 32.1 Å². The molecule has 126 valence electrons. The van der Waals surface area contributed by atoms with Crippen molar-refractivity contribution in [3.05, 3.63) is 40.9 Å². The Bertz CT molecular complexity index is 814. The van der Waals surface area contributed by atoms with Gasteiger partial charge in [-0.2, -0.15) is 0 Å². The van der Waals surface area contributed by atoms with E-state index in [9.17, 15) is 9.59 Å². The molecule has 0 unspecified atom stereocenters. The minimum absolute atomic E-state index is 0.0400. The molecule has 4 rings (SSSR count). The Morgan fingerprint density at radius 2 is 1.92 bits per heavy atom. The lowest BCUT2D eigenvalue weighted by atomic mass is 9.75. The quantitative estimate of drug-likeness (QED) is 0.852. The number of rotatable bonds is 2. The molecular formula is C19H23N3O2. The van der Waals surface area contributed by atoms with Crippen LogP contribution in [0.25, 0.3) is 10.9 Å². The van der Waals surface area contributed by atoms with Crippen LogP contribution < -0.4 is 5.56 Å². The highest BCUT2D eigenvalue weighted by Crippen LogP contribution is 2.36. The number of nitrogens with zero attached hydrogens (tertiary/aromatic N) is 3. The minimum Gasteiger partial charge on any atom is -0.341 e. The summed E-state index contributed by atoms with van der Waals surface area (Å²) in [5.41, 5.74) is 0.538. The number of amides is 1. The van der Waals surface area contributed by atoms with Crippen molar-refractivity contribution in [1.82, 2.24) is 14.5 Å². The Morgan fingerprint density at radius 3 is 2.79 bits per heavy atom. The zero-order valence-electron chi connectivity index (χ0n) is 13.9. The van der Waals surface area contributed by atoms with Crippen LogP contribution in [-0.2, 0) is 11.3 Å². The Hall–Kier alpha value is -2.17. The lowest BCUT2D eigenvalue weighted by Crippen LogP contribution is -2.46. The van der Waals surface area contributed by atoms with Gasteiger partial charge in [-0.15, -0.1) is 0 Å². The van der Waals surface area contributed by atoms with Crippen molar-refractivity contribution >= 4 is 16.8 Å². The third-order valence-electron chi connectivity index (χ3n) is 5.68. The van der Waals surface area contributed by atoms with Crippen LogP contribution in [-0.4, -0.2) is 33.4 Å². The molecule has 0 radical (unpaired) electrons. The van der Waals surface area contributed by atoms with Crippen LogP contribution in [0, 0.1) is 11.8 Å². The second kappa shape index (κ2) is 6.38. The fourth-order valence-corrected chi connectivity index (χ4v) is 4.29. The first-order valence-electron chi connectivity index (χ1n) is 8.94. The topological polar surface area (TPSA) is 55.2 Å². The average Bonchev–Trinajstić information content (AvgIpc) is 2.64. The molecule has 2 aliphatic rings. The number of benzene rings is 1. The zero-order valence-corrected chi connectivity index (χ0v) is 13.9. The number of hydrogen-bond acceptors (Lipinski definition) is 3. The van der Waals surface area contributed by atoms with E-state index in [-0.39, 0.29) is 18.0 Å². The van der Waals surface area contributed by atoms with E-state index in [1.165, 1.54) is 36.6 Å². The highest BCUT2D eigenvalue weighted by molar-refractivity contribution is 5.79. The summed E-state index contributed by atoms with van der Waals surface area (Å²) in [6.07, 6.45) is 7.80. The van der Waals surface area contributed by atoms with Crippen LogP contribution in [0.3, 0.4) is 0 Å². The van der Waals surface area contributed by atoms with Gasteiger partial charge in [-0.1, -0.05) is 31.4 Å². The first-order valence-corrected chi connectivity index (χ1v) is 8.94. The largest absolute Gasteiger partial charge is 0.341 e. The van der Waals surface area contributed by atoms with Crippen LogP contribution in [0.5, 0.6) is 0 Å². The van der Waals surface area contributed by atoms with Crippen molar-refractivity contribution in [2.75, 3.05) is 13.1 Å². The monoisotopic (exact) mass is 325 g/mol. The summed E-state index contributed by atoms with van der Waals surface area (Å²) in [5, 5.41) is 0.568. The van der Waals surface area contributed by atoms with Crippen LogP contribution in [0.15, 0.2) is 35.4 Å². The van der Waals surface area contributed by atoms with E-state index in [1.54, 1.807) is 6.07 Å². The van der Waals surface area contributed by atoms with Gasteiger partial charge in [-0.05, 0) is 36.8 Å². The summed E-state index contributed by atoms with van der Waals surface area (Å²) < 4.78 is 1.44. The predicted molar refractivity (Wildman–Crippen MR) is 92.6 cm³/mol. The molecule has 2 aromatic rings. The van der Waals surface area contributed by atoms with Crippen LogP contribution >= 0.6 is 0 Å². The smallest absolute Gasteiger partial charge is 0.261 e. The molecule has 0 spiro atoms. The molecule has 1 saturated heterocycles. The zero-order chi connectivity index (χ0) is 16.5. The van der Waals surface area contributed by atoms with Crippen LogP contribution in [0.4, 0.5) is 0 Å². The second-order valence-electron chi connectivity index (χ2n) is 7.13. The molecule has 1 aliphatic carbocycles. The summed E-state index contributed by atoms with van der Waals surface area (Å²) in [7, 11) is 0. The van der Waals surface area contributed by atoms with Crippen molar-refractivity contribution in [1.29, 1.82) is 0 Å². The van der Waals surface area contributed by atoms with Gasteiger partial charge in [0.15, 0.2) is 0 Å². The van der Waals surface area contributed by atoms with Crippen molar-refractivity contribution < 1.29 is 4.79 Å². The second-order valence-corrected chi connectivity index (χ2v) is 7.13. The number of hydrogen-bond donors (Lipinski definition) is 0. The maximum Gasteiger partial charge on any atom is 0.261 e. The summed E-state index contributed by atoms with van der Waals surface area (Å²) in [4.78, 5) is 31.4. The Balaban J connectivity index is 1.50. The first-order chi connectivity index (χ1) is 11.7. The van der Waals surface area contributed by atoms with E-state index in [1.807, 2.05) is 23.1 Å². The molecule has 1 amide bonds. The molecule has 5 heteroatoms. The molecule has 24 heavy (non-hydrogen) atoms. The number of para-hydroxylation sites is 1. The van der Waals surface area contributed by atoms with E-state index < -0.39 is 0 Å². The Kier molecular flexibility index (Phi) is 4.08. The normalized spacial score (nSPS) is 23.9. The maximum absolute atomic E-state index is 12.7. The predicted octanol–water partition coefficient (Wildman–Crippen LogP) is 2.44. The molecule has 2 atom stereocenters. The summed E-state index contributed by atoms with van der Waals surface area (Å²) in [6, 6.07) is 7.26. The highest BCUT2D eigenvalue weighted by Gasteiger charge is 2.32. The Morgan fingerprint density at radius 1 is 1.12 bits per heavy atom. The number of carbonyl (C=O) groups is 1. The molecule has 0 bridgehead atoms. The van der Waals surface area contributed by atoms with E-state index >= 15 is 0 Å². The van der Waals surface area contributed by atoms with Gasteiger partial charge in [0.2, 0.25) is 5.91 Å². The molecule has 1 aromatic carbocycles. The fraction of sp³-hybridized carbons (Fsp3) is 0.526. The van der Waals surface area contributed by atoms with Crippen molar-refractivity contribution in [2.24, 2.45) is 11.8 Å². The molecule has 1 aromatic heterocycles. The van der Waals surface area contributed by atoms with Crippen molar-refractivity contribution in [3.8, 4) is 0 Å². The van der Waals surface area contributed by atoms with E-state index in [0.717, 1.165) is 25.4 Å². The van der Waals surface area contributed by atoms with Gasteiger partial charge in [0.05, 0.1) is 17.2 Å². The first kappa shape index (κ1) is 15.4. The maximum atomic E-state index is 12.7. The van der Waals surface area contributed by atoms with Gasteiger partial charge in [0.1, 0.15) is 6.54 Å². The molecule has 2 heterocycles. The SMILES string of the molecule is O=C(Cn1cnc2ccccc2c1=O)N1CC[C@@H]2CCCC[C@@H]2C1. The number of aromatic nitrogens is 2. The Labute approximate surface area is 141 Å². The highest BCUT2D eigenvalue weighted by atomic mass is 16.2. The summed E-state index contributed by atoms with van der Waals surface area (Å²) in [5.74, 6) is 1.49. The molecule has 1 aliphatic heterocycles. The third kappa shape index (κ3) is 2.83. The van der Waals surface area contributed by atoms with Gasteiger partial charge in [0.25, 0.3) is 5.56 Å². The lowest BCUT2D eigenvalue weighted by Gasteiger charge is -2.41. The molecule has 5 nitrogen and oxygen atoms in total. The minimum atomic E-state index is -0.137. The van der Waals surface area contributed by atoms with E-state index in [4.69, 9.17) is 0 Å². The number of piperidine rings is 1. The summed E-state index contributed by atoms with van der Waals surface area (Å²) in [6.45, 7) is 1.78. The summed E-state index contributed by atoms with van der Waals surface area (Å²) >= 11 is 0. The lowest BCUT2D eigenvalue weighted by molar-refractivity contribution is -0.135. The standard InChI is InChI=1S/C19H23N3O2/c23-18(21-10-9-14-5-1-2-6-15(14)11-21)12-22-13-20-17-8-4-3-7-16(17)19(22)24/h3-4,7-8,13-15H,1-2,5-6,9-12H2/t14-,15+/m0/s1. The van der Waals surface area contributed by atoms with Gasteiger partial charge >= 0.3 is 0 Å². The van der Waals surface area contributed by atoms with Gasteiger partial charge in [-0.3, -0.25) is 14.2 Å². The average molecular weight is 325 g/mol. The molecule has 0 N–H and O–H groups in total. The van der Waals surface area contributed by atoms with Crippen molar-refractivity contribution in [3.63, 3.8) is 0 Å². The number of carbonyl (C=O) groups excluding carboxylic acids is 1. The molecular weight excluding hydrogens is 302 g/mol. The van der Waals surface area contributed by atoms with E-state index in [0.29, 0.717) is 16.8 Å². The molecule has 1 saturated carbocycles. The van der Waals surface area contributed by atoms with Crippen molar-refractivity contribution in [2.45, 2.75) is 38.6 Å². The van der Waals surface area contributed by atoms with Crippen LogP contribution in [0.2, 0.25) is 0 Å².